The van der Waals surface area contributed by atoms with Gasteiger partial charge < -0.3 is 14.6 Å². The van der Waals surface area contributed by atoms with E-state index in [0.29, 0.717) is 34.5 Å². The Bertz CT molecular complexity index is 1670. The zero-order chi connectivity index (χ0) is 29.3. The molecule has 0 radical (unpaired) electrons. The second kappa shape index (κ2) is 10.8. The third-order valence-corrected chi connectivity index (χ3v) is 8.21. The van der Waals surface area contributed by atoms with Gasteiger partial charge in [-0.25, -0.2) is 13.2 Å². The van der Waals surface area contributed by atoms with Gasteiger partial charge in [-0.2, -0.15) is 13.2 Å². The third-order valence-electron chi connectivity index (χ3n) is 6.54. The van der Waals surface area contributed by atoms with Crippen molar-refractivity contribution in [2.24, 2.45) is 0 Å². The average Bonchev–Trinajstić information content (AvgIpc) is 2.88. The molecular formula is C29H26F3NO6S. The van der Waals surface area contributed by atoms with Gasteiger partial charge in [-0.1, -0.05) is 42.5 Å². The number of carbonyl (C=O) groups is 1. The maximum Gasteiger partial charge on any atom is 0.416 e. The highest BCUT2D eigenvalue weighted by atomic mass is 32.2. The molecular weight excluding hydrogens is 547 g/mol. The zero-order valence-corrected chi connectivity index (χ0v) is 22.6. The average molecular weight is 574 g/mol. The van der Waals surface area contributed by atoms with Gasteiger partial charge in [-0.15, -0.1) is 0 Å². The van der Waals surface area contributed by atoms with Crippen molar-refractivity contribution in [2.45, 2.75) is 31.4 Å². The van der Waals surface area contributed by atoms with Gasteiger partial charge in [0.2, 0.25) is 0 Å². The fourth-order valence-electron chi connectivity index (χ4n) is 4.05. The molecule has 11 heteroatoms. The largest absolute Gasteiger partial charge is 0.492 e. The minimum Gasteiger partial charge on any atom is -0.492 e. The molecule has 7 nitrogen and oxygen atoms in total. The standard InChI is InChI=1S/C29H26F3NO6S/c1-18-19(10-13-25(33-18)20-8-11-22(12-9-20)29(30,31)32)14-15-38-26-17-23(16-21-6-4-5-7-24(21)26)39-28(2,27(34)35)40(3,36)37/h4-13,16-17H,14-15H2,1-3H3,(H,34,35). The summed E-state index contributed by atoms with van der Waals surface area (Å²) in [6.45, 7) is 2.98. The number of hydrogen-bond donors (Lipinski definition) is 1. The highest BCUT2D eigenvalue weighted by molar-refractivity contribution is 7.92. The van der Waals surface area contributed by atoms with Crippen LogP contribution in [-0.2, 0) is 27.2 Å². The minimum atomic E-state index is -4.41. The summed E-state index contributed by atoms with van der Waals surface area (Å²) in [5.74, 6) is -1.25. The number of fused-ring (bicyclic) bond motifs is 1. The number of sulfone groups is 1. The van der Waals surface area contributed by atoms with Crippen LogP contribution in [0.15, 0.2) is 72.8 Å². The first-order chi connectivity index (χ1) is 18.7. The first-order valence-electron chi connectivity index (χ1n) is 12.1. The number of ether oxygens (including phenoxy) is 2. The van der Waals surface area contributed by atoms with E-state index in [2.05, 4.69) is 4.98 Å². The lowest BCUT2D eigenvalue weighted by Gasteiger charge is -2.25. The van der Waals surface area contributed by atoms with Crippen LogP contribution < -0.4 is 9.47 Å². The molecule has 0 amide bonds. The lowest BCUT2D eigenvalue weighted by atomic mass is 10.1. The molecule has 0 saturated heterocycles. The topological polar surface area (TPSA) is 103 Å². The van der Waals surface area contributed by atoms with Gasteiger partial charge in [-0.3, -0.25) is 4.98 Å². The van der Waals surface area contributed by atoms with Gasteiger partial charge >= 0.3 is 17.1 Å². The molecule has 0 spiro atoms. The van der Waals surface area contributed by atoms with E-state index in [4.69, 9.17) is 9.47 Å². The van der Waals surface area contributed by atoms with Crippen LogP contribution in [-0.4, -0.2) is 42.3 Å². The Balaban J connectivity index is 1.53. The molecule has 1 aromatic heterocycles. The maximum absolute atomic E-state index is 12.9. The van der Waals surface area contributed by atoms with E-state index >= 15 is 0 Å². The van der Waals surface area contributed by atoms with E-state index in [1.165, 1.54) is 18.2 Å². The number of aromatic nitrogens is 1. The smallest absolute Gasteiger partial charge is 0.416 e. The molecule has 4 aromatic rings. The van der Waals surface area contributed by atoms with Crippen molar-refractivity contribution in [1.82, 2.24) is 4.98 Å². The summed E-state index contributed by atoms with van der Waals surface area (Å²) in [7, 11) is -4.14. The number of halogens is 3. The van der Waals surface area contributed by atoms with Crippen LogP contribution in [0.25, 0.3) is 22.0 Å². The number of pyridine rings is 1. The predicted molar refractivity (Wildman–Crippen MR) is 144 cm³/mol. The summed E-state index contributed by atoms with van der Waals surface area (Å²) in [4.78, 5) is 13.8. The first kappa shape index (κ1) is 28.9. The Morgan fingerprint density at radius 3 is 2.27 bits per heavy atom. The number of aliphatic carboxylic acids is 1. The SMILES string of the molecule is Cc1nc(-c2ccc(C(F)(F)F)cc2)ccc1CCOc1cc(OC(C)(C(=O)O)S(C)(=O)=O)cc2ccccc12. The molecule has 210 valence electrons. The molecule has 1 heterocycles. The van der Waals surface area contributed by atoms with E-state index in [9.17, 15) is 31.5 Å². The van der Waals surface area contributed by atoms with Crippen molar-refractivity contribution in [3.8, 4) is 22.8 Å². The Hall–Kier alpha value is -4.12. The summed E-state index contributed by atoms with van der Waals surface area (Å²) < 4.78 is 74.5. The maximum atomic E-state index is 12.9. The van der Waals surface area contributed by atoms with Crippen LogP contribution in [0.3, 0.4) is 0 Å². The Morgan fingerprint density at radius 1 is 1.00 bits per heavy atom. The van der Waals surface area contributed by atoms with Gasteiger partial charge in [0.1, 0.15) is 11.5 Å². The fraction of sp³-hybridized carbons (Fsp3) is 0.241. The van der Waals surface area contributed by atoms with E-state index in [1.807, 2.05) is 18.2 Å². The molecule has 0 fully saturated rings. The van der Waals surface area contributed by atoms with Gasteiger partial charge in [0.15, 0.2) is 9.84 Å². The highest BCUT2D eigenvalue weighted by Gasteiger charge is 2.46. The Morgan fingerprint density at radius 2 is 1.68 bits per heavy atom. The minimum absolute atomic E-state index is 0.0165. The second-order valence-corrected chi connectivity index (χ2v) is 11.7. The summed E-state index contributed by atoms with van der Waals surface area (Å²) in [6.07, 6.45) is -3.17. The van der Waals surface area contributed by atoms with E-state index < -0.39 is 32.5 Å². The van der Waals surface area contributed by atoms with Crippen LogP contribution in [0.4, 0.5) is 13.2 Å². The number of carboxylic acids is 1. The van der Waals surface area contributed by atoms with Gasteiger partial charge in [0, 0.05) is 42.3 Å². The number of benzene rings is 3. The first-order valence-corrected chi connectivity index (χ1v) is 14.0. The quantitative estimate of drug-likeness (QED) is 0.259. The van der Waals surface area contributed by atoms with Crippen LogP contribution in [0.5, 0.6) is 11.5 Å². The number of aryl methyl sites for hydroxylation is 1. The van der Waals surface area contributed by atoms with Crippen LogP contribution >= 0.6 is 0 Å². The zero-order valence-electron chi connectivity index (χ0n) is 21.8. The molecule has 40 heavy (non-hydrogen) atoms. The molecule has 0 bridgehead atoms. The normalized spacial score (nSPS) is 13.6. The number of nitrogens with zero attached hydrogens (tertiary/aromatic N) is 1. The van der Waals surface area contributed by atoms with Crippen molar-refractivity contribution >= 4 is 26.6 Å². The van der Waals surface area contributed by atoms with Crippen molar-refractivity contribution in [2.75, 3.05) is 12.9 Å². The Kier molecular flexibility index (Phi) is 7.80. The lowest BCUT2D eigenvalue weighted by molar-refractivity contribution is -0.147. The highest BCUT2D eigenvalue weighted by Crippen LogP contribution is 2.34. The summed E-state index contributed by atoms with van der Waals surface area (Å²) >= 11 is 0. The van der Waals surface area contributed by atoms with Gasteiger partial charge in [0.05, 0.1) is 17.9 Å². The molecule has 4 rings (SSSR count). The van der Waals surface area contributed by atoms with Crippen LogP contribution in [0, 0.1) is 6.92 Å². The van der Waals surface area contributed by atoms with Crippen LogP contribution in [0.2, 0.25) is 0 Å². The van der Waals surface area contributed by atoms with Crippen molar-refractivity contribution in [1.29, 1.82) is 0 Å². The molecule has 0 saturated carbocycles. The summed E-state index contributed by atoms with van der Waals surface area (Å²) in [6, 6.07) is 18.5. The second-order valence-electron chi connectivity index (χ2n) is 9.38. The predicted octanol–water partition coefficient (Wildman–Crippen LogP) is 6.07. The third kappa shape index (κ3) is 6.04. The number of alkyl halides is 3. The van der Waals surface area contributed by atoms with Crippen molar-refractivity contribution in [3.05, 3.63) is 89.6 Å². The van der Waals surface area contributed by atoms with Gasteiger partial charge in [-0.05, 0) is 42.1 Å². The molecule has 1 unspecified atom stereocenters. The van der Waals surface area contributed by atoms with E-state index in [0.717, 1.165) is 36.3 Å². The lowest BCUT2D eigenvalue weighted by Crippen LogP contribution is -2.48. The number of rotatable bonds is 9. The fourth-order valence-corrected chi connectivity index (χ4v) is 4.61. The monoisotopic (exact) mass is 573 g/mol. The molecule has 0 aliphatic heterocycles. The molecule has 1 N–H and O–H groups in total. The van der Waals surface area contributed by atoms with Crippen molar-refractivity contribution in [3.63, 3.8) is 0 Å². The number of hydrogen-bond acceptors (Lipinski definition) is 6. The molecule has 3 aromatic carbocycles. The summed E-state index contributed by atoms with van der Waals surface area (Å²) in [5.41, 5.74) is 1.92. The van der Waals surface area contributed by atoms with E-state index in [1.54, 1.807) is 31.2 Å². The van der Waals surface area contributed by atoms with Gasteiger partial charge in [0.25, 0.3) is 0 Å². The molecule has 0 aliphatic rings. The van der Waals surface area contributed by atoms with Crippen LogP contribution in [0.1, 0.15) is 23.7 Å². The summed E-state index contributed by atoms with van der Waals surface area (Å²) in [5, 5.41) is 10.9. The Labute approximate surface area is 229 Å². The van der Waals surface area contributed by atoms with Crippen molar-refractivity contribution < 1.29 is 41.0 Å². The molecule has 1 atom stereocenters. The van der Waals surface area contributed by atoms with E-state index in [-0.39, 0.29) is 12.4 Å². The number of carboxylic acid groups (broad SMARTS) is 1. The molecule has 0 aliphatic carbocycles.